The van der Waals surface area contributed by atoms with Gasteiger partial charge in [0.2, 0.25) is 0 Å². The standard InChI is InChI=1S/C24H34N6O/c1-7-24(5,6)30-22(26-27-28-30)21(29-10-8-15(2)9-11-29)19-14-18-13-16(3)12-17(4)20(18)25-23(19)31/h12-15,21H,7-11H2,1-6H3,(H,25,31)/t21-/m1/s1. The van der Waals surface area contributed by atoms with E-state index in [9.17, 15) is 4.79 Å². The molecule has 7 heteroatoms. The molecule has 2 aromatic heterocycles. The summed E-state index contributed by atoms with van der Waals surface area (Å²) >= 11 is 0. The van der Waals surface area contributed by atoms with E-state index in [1.807, 2.05) is 11.6 Å². The second-order valence-corrected chi connectivity index (χ2v) is 9.84. The van der Waals surface area contributed by atoms with Crippen molar-refractivity contribution in [3.63, 3.8) is 0 Å². The number of nitrogens with one attached hydrogen (secondary N) is 1. The summed E-state index contributed by atoms with van der Waals surface area (Å²) in [6.45, 7) is 14.7. The number of hydrogen-bond donors (Lipinski definition) is 1. The molecule has 0 unspecified atom stereocenters. The van der Waals surface area contributed by atoms with Crippen molar-refractivity contribution in [2.45, 2.75) is 72.4 Å². The highest BCUT2D eigenvalue weighted by atomic mass is 16.1. The van der Waals surface area contributed by atoms with Crippen LogP contribution in [0, 0.1) is 19.8 Å². The normalized spacial score (nSPS) is 17.4. The van der Waals surface area contributed by atoms with Gasteiger partial charge >= 0.3 is 0 Å². The lowest BCUT2D eigenvalue weighted by atomic mass is 9.94. The zero-order valence-electron chi connectivity index (χ0n) is 19.6. The van der Waals surface area contributed by atoms with E-state index in [0.29, 0.717) is 5.92 Å². The molecule has 3 aromatic rings. The molecule has 1 aliphatic heterocycles. The van der Waals surface area contributed by atoms with Gasteiger partial charge in [-0.15, -0.1) is 5.10 Å². The van der Waals surface area contributed by atoms with Crippen LogP contribution in [0.3, 0.4) is 0 Å². The Morgan fingerprint density at radius 3 is 2.58 bits per heavy atom. The number of aromatic amines is 1. The number of likely N-dealkylation sites (tertiary alicyclic amines) is 1. The molecule has 31 heavy (non-hydrogen) atoms. The van der Waals surface area contributed by atoms with Gasteiger partial charge in [0.1, 0.15) is 6.04 Å². The number of H-pyrrole nitrogens is 1. The fraction of sp³-hybridized carbons (Fsp3) is 0.583. The molecule has 0 amide bonds. The third-order valence-corrected chi connectivity index (χ3v) is 6.98. The largest absolute Gasteiger partial charge is 0.321 e. The van der Waals surface area contributed by atoms with E-state index in [1.165, 1.54) is 5.56 Å². The summed E-state index contributed by atoms with van der Waals surface area (Å²) in [6.07, 6.45) is 3.11. The zero-order valence-corrected chi connectivity index (χ0v) is 19.6. The minimum absolute atomic E-state index is 0.0630. The maximum Gasteiger partial charge on any atom is 0.253 e. The first-order valence-corrected chi connectivity index (χ1v) is 11.4. The highest BCUT2D eigenvalue weighted by molar-refractivity contribution is 5.83. The number of aryl methyl sites for hydroxylation is 2. The number of benzene rings is 1. The van der Waals surface area contributed by atoms with Gasteiger partial charge in [0.15, 0.2) is 5.82 Å². The molecule has 0 bridgehead atoms. The summed E-state index contributed by atoms with van der Waals surface area (Å²) in [5.74, 6) is 1.44. The topological polar surface area (TPSA) is 79.7 Å². The van der Waals surface area contributed by atoms with E-state index < -0.39 is 0 Å². The lowest BCUT2D eigenvalue weighted by molar-refractivity contribution is 0.143. The molecule has 1 saturated heterocycles. The summed E-state index contributed by atoms with van der Waals surface area (Å²) in [5, 5.41) is 13.9. The summed E-state index contributed by atoms with van der Waals surface area (Å²) in [5.41, 5.74) is 3.58. The van der Waals surface area contributed by atoms with Gasteiger partial charge in [-0.2, -0.15) is 0 Å². The fourth-order valence-electron chi connectivity index (χ4n) is 4.64. The Labute approximate surface area is 183 Å². The predicted molar refractivity (Wildman–Crippen MR) is 123 cm³/mol. The van der Waals surface area contributed by atoms with Crippen molar-refractivity contribution in [2.75, 3.05) is 13.1 Å². The van der Waals surface area contributed by atoms with Crippen LogP contribution in [0.15, 0.2) is 23.0 Å². The Bertz CT molecular complexity index is 1140. The van der Waals surface area contributed by atoms with Gasteiger partial charge in [-0.25, -0.2) is 4.68 Å². The molecule has 0 aliphatic carbocycles. The van der Waals surface area contributed by atoms with Gasteiger partial charge in [0, 0.05) is 5.56 Å². The Hall–Kier alpha value is -2.54. The van der Waals surface area contributed by atoms with Gasteiger partial charge in [-0.05, 0) is 99.5 Å². The number of aromatic nitrogens is 5. The fourth-order valence-corrected chi connectivity index (χ4v) is 4.64. The average molecular weight is 423 g/mol. The highest BCUT2D eigenvalue weighted by Gasteiger charge is 2.35. The molecule has 3 heterocycles. The first-order valence-electron chi connectivity index (χ1n) is 11.4. The van der Waals surface area contributed by atoms with Crippen LogP contribution in [-0.4, -0.2) is 43.2 Å². The summed E-state index contributed by atoms with van der Waals surface area (Å²) < 4.78 is 1.92. The minimum atomic E-state index is -0.276. The first kappa shape index (κ1) is 21.7. The summed E-state index contributed by atoms with van der Waals surface area (Å²) in [4.78, 5) is 18.9. The van der Waals surface area contributed by atoms with E-state index in [1.54, 1.807) is 0 Å². The number of tetrazole rings is 1. The molecule has 166 valence electrons. The highest BCUT2D eigenvalue weighted by Crippen LogP contribution is 2.33. The molecule has 1 aliphatic rings. The van der Waals surface area contributed by atoms with Crippen molar-refractivity contribution in [2.24, 2.45) is 5.92 Å². The Balaban J connectivity index is 1.92. The average Bonchev–Trinajstić information content (AvgIpc) is 3.21. The van der Waals surface area contributed by atoms with Crippen molar-refractivity contribution < 1.29 is 0 Å². The number of nitrogens with zero attached hydrogens (tertiary/aromatic N) is 5. The van der Waals surface area contributed by atoms with Crippen molar-refractivity contribution in [3.05, 3.63) is 51.1 Å². The molecular formula is C24H34N6O. The van der Waals surface area contributed by atoms with Crippen LogP contribution in [0.2, 0.25) is 0 Å². The van der Waals surface area contributed by atoms with Gasteiger partial charge in [0.05, 0.1) is 11.1 Å². The van der Waals surface area contributed by atoms with Crippen molar-refractivity contribution in [1.82, 2.24) is 30.1 Å². The van der Waals surface area contributed by atoms with Crippen molar-refractivity contribution >= 4 is 10.9 Å². The Morgan fingerprint density at radius 2 is 1.90 bits per heavy atom. The predicted octanol–water partition coefficient (Wildman–Crippen LogP) is 4.10. The number of rotatable bonds is 5. The van der Waals surface area contributed by atoms with Crippen LogP contribution >= 0.6 is 0 Å². The summed E-state index contributed by atoms with van der Waals surface area (Å²) in [7, 11) is 0. The number of piperidine rings is 1. The lowest BCUT2D eigenvalue weighted by Gasteiger charge is -2.37. The Morgan fingerprint density at radius 1 is 1.19 bits per heavy atom. The molecule has 1 atom stereocenters. The van der Waals surface area contributed by atoms with E-state index in [-0.39, 0.29) is 17.1 Å². The number of hydrogen-bond acceptors (Lipinski definition) is 5. The molecular weight excluding hydrogens is 388 g/mol. The van der Waals surface area contributed by atoms with Crippen molar-refractivity contribution in [3.8, 4) is 0 Å². The van der Waals surface area contributed by atoms with Gasteiger partial charge in [-0.1, -0.05) is 25.5 Å². The van der Waals surface area contributed by atoms with E-state index >= 15 is 0 Å². The third-order valence-electron chi connectivity index (χ3n) is 6.98. The molecule has 4 rings (SSSR count). The second-order valence-electron chi connectivity index (χ2n) is 9.84. The van der Waals surface area contributed by atoms with Gasteiger partial charge < -0.3 is 4.98 Å². The van der Waals surface area contributed by atoms with Crippen LogP contribution in [0.4, 0.5) is 0 Å². The smallest absolute Gasteiger partial charge is 0.253 e. The lowest BCUT2D eigenvalue weighted by Crippen LogP contribution is -2.41. The first-order chi connectivity index (χ1) is 14.7. The second kappa shape index (κ2) is 8.19. The quantitative estimate of drug-likeness (QED) is 0.670. The van der Waals surface area contributed by atoms with Crippen LogP contribution in [-0.2, 0) is 5.54 Å². The minimum Gasteiger partial charge on any atom is -0.321 e. The van der Waals surface area contributed by atoms with E-state index in [4.69, 9.17) is 0 Å². The van der Waals surface area contributed by atoms with E-state index in [0.717, 1.165) is 60.2 Å². The van der Waals surface area contributed by atoms with Crippen LogP contribution in [0.25, 0.3) is 10.9 Å². The number of pyridine rings is 1. The van der Waals surface area contributed by atoms with E-state index in [2.05, 4.69) is 78.2 Å². The van der Waals surface area contributed by atoms with Crippen molar-refractivity contribution in [1.29, 1.82) is 0 Å². The van der Waals surface area contributed by atoms with Crippen LogP contribution < -0.4 is 5.56 Å². The molecule has 1 aromatic carbocycles. The van der Waals surface area contributed by atoms with Gasteiger partial charge in [0.25, 0.3) is 5.56 Å². The SMILES string of the molecule is CCC(C)(C)n1nnnc1[C@@H](c1cc2cc(C)cc(C)c2[nH]c1=O)N1CCC(C)CC1. The third kappa shape index (κ3) is 4.03. The molecule has 1 fully saturated rings. The molecule has 0 spiro atoms. The molecule has 1 N–H and O–H groups in total. The monoisotopic (exact) mass is 422 g/mol. The van der Waals surface area contributed by atoms with Gasteiger partial charge in [-0.3, -0.25) is 9.69 Å². The van der Waals surface area contributed by atoms with Crippen LogP contribution in [0.5, 0.6) is 0 Å². The maximum absolute atomic E-state index is 13.4. The Kier molecular flexibility index (Phi) is 5.73. The maximum atomic E-state index is 13.4. The number of fused-ring (bicyclic) bond motifs is 1. The summed E-state index contributed by atoms with van der Waals surface area (Å²) in [6, 6.07) is 6.01. The van der Waals surface area contributed by atoms with Crippen LogP contribution in [0.1, 0.15) is 75.5 Å². The molecule has 0 saturated carbocycles. The molecule has 0 radical (unpaired) electrons. The zero-order chi connectivity index (χ0) is 22.3. The molecule has 7 nitrogen and oxygen atoms in total.